The summed E-state index contributed by atoms with van der Waals surface area (Å²) in [5, 5.41) is 9.63. The van der Waals surface area contributed by atoms with E-state index in [1.165, 1.54) is 0 Å². The van der Waals surface area contributed by atoms with Crippen molar-refractivity contribution in [3.05, 3.63) is 25.3 Å². The van der Waals surface area contributed by atoms with Gasteiger partial charge in [0.1, 0.15) is 0 Å². The van der Waals surface area contributed by atoms with Crippen molar-refractivity contribution >= 4 is 0 Å². The third-order valence-corrected chi connectivity index (χ3v) is 2.65. The van der Waals surface area contributed by atoms with Crippen molar-refractivity contribution in [3.63, 3.8) is 0 Å². The number of ether oxygens (including phenoxy) is 1. The molecule has 0 bridgehead atoms. The Balaban J connectivity index is 2.17. The Labute approximate surface area is 66.2 Å². The smallest absolute Gasteiger partial charge is 0.0936 e. The molecular weight excluding hydrogens is 140 g/mol. The molecule has 1 unspecified atom stereocenters. The molecule has 2 fully saturated rings. The Morgan fingerprint density at radius 3 is 1.82 bits per heavy atom. The zero-order valence-corrected chi connectivity index (χ0v) is 6.31. The molecule has 11 heavy (non-hydrogen) atoms. The maximum absolute atomic E-state index is 9.63. The topological polar surface area (TPSA) is 32.8 Å². The van der Waals surface area contributed by atoms with Gasteiger partial charge < -0.3 is 9.84 Å². The number of rotatable bonds is 2. The number of hydrogen-bond donors (Lipinski definition) is 1. The van der Waals surface area contributed by atoms with Crippen molar-refractivity contribution in [3.8, 4) is 0 Å². The van der Waals surface area contributed by atoms with E-state index in [-0.39, 0.29) is 30.1 Å². The van der Waals surface area contributed by atoms with Crippen LogP contribution in [-0.4, -0.2) is 23.4 Å². The van der Waals surface area contributed by atoms with E-state index in [0.717, 1.165) is 0 Å². The highest BCUT2D eigenvalue weighted by Crippen LogP contribution is 2.47. The molecule has 2 nitrogen and oxygen atoms in total. The van der Waals surface area contributed by atoms with Crippen molar-refractivity contribution < 1.29 is 9.84 Å². The van der Waals surface area contributed by atoms with Gasteiger partial charge in [-0.3, -0.25) is 0 Å². The van der Waals surface area contributed by atoms with E-state index in [4.69, 9.17) is 4.74 Å². The standard InChI is InChI=1S/C9H12O2/c1-3-5-7(10)6(4-2)9-8(5)11-9/h3-10H,1-2H2/t5-,6+,7?,8+,9-. The van der Waals surface area contributed by atoms with Gasteiger partial charge in [-0.15, -0.1) is 13.2 Å². The summed E-state index contributed by atoms with van der Waals surface area (Å²) in [7, 11) is 0. The molecule has 2 heteroatoms. The molecule has 0 aromatic carbocycles. The summed E-state index contributed by atoms with van der Waals surface area (Å²) in [5.74, 6) is 0.228. The predicted molar refractivity (Wildman–Crippen MR) is 42.0 cm³/mol. The maximum Gasteiger partial charge on any atom is 0.0936 e. The summed E-state index contributed by atoms with van der Waals surface area (Å²) >= 11 is 0. The molecule has 0 aromatic rings. The van der Waals surface area contributed by atoms with E-state index in [1.807, 2.05) is 0 Å². The molecule has 0 aromatic heterocycles. The minimum Gasteiger partial charge on any atom is -0.392 e. The fourth-order valence-corrected chi connectivity index (χ4v) is 1.95. The van der Waals surface area contributed by atoms with Gasteiger partial charge in [-0.1, -0.05) is 12.2 Å². The van der Waals surface area contributed by atoms with E-state index in [1.54, 1.807) is 12.2 Å². The molecule has 1 aliphatic carbocycles. The second-order valence-corrected chi connectivity index (χ2v) is 3.18. The summed E-state index contributed by atoms with van der Waals surface area (Å²) in [6, 6.07) is 0. The molecule has 5 atom stereocenters. The van der Waals surface area contributed by atoms with Gasteiger partial charge in [-0.25, -0.2) is 0 Å². The highest BCUT2D eigenvalue weighted by molar-refractivity contribution is 5.16. The number of aliphatic hydroxyl groups excluding tert-OH is 1. The Bertz CT molecular complexity index is 180. The van der Waals surface area contributed by atoms with Crippen LogP contribution in [0.25, 0.3) is 0 Å². The number of epoxide rings is 1. The van der Waals surface area contributed by atoms with E-state index in [9.17, 15) is 5.11 Å². The van der Waals surface area contributed by atoms with Crippen LogP contribution < -0.4 is 0 Å². The SMILES string of the molecule is C=C[C@@H]1C(O)[C@H](C=C)[C@H]2O[C@H]21. The first-order chi connectivity index (χ1) is 5.29. The molecule has 1 saturated carbocycles. The van der Waals surface area contributed by atoms with Gasteiger partial charge in [0, 0.05) is 11.8 Å². The maximum atomic E-state index is 9.63. The molecule has 1 saturated heterocycles. The van der Waals surface area contributed by atoms with Crippen molar-refractivity contribution in [2.45, 2.75) is 18.3 Å². The quantitative estimate of drug-likeness (QED) is 0.467. The molecule has 1 aliphatic heterocycles. The van der Waals surface area contributed by atoms with Crippen molar-refractivity contribution in [1.29, 1.82) is 0 Å². The van der Waals surface area contributed by atoms with Gasteiger partial charge in [0.25, 0.3) is 0 Å². The van der Waals surface area contributed by atoms with Crippen LogP contribution in [0.4, 0.5) is 0 Å². The molecule has 1 N–H and O–H groups in total. The summed E-state index contributed by atoms with van der Waals surface area (Å²) in [6.45, 7) is 7.33. The lowest BCUT2D eigenvalue weighted by molar-refractivity contribution is 0.0652. The largest absolute Gasteiger partial charge is 0.392 e. The lowest BCUT2D eigenvalue weighted by atomic mass is 9.99. The van der Waals surface area contributed by atoms with Crippen molar-refractivity contribution in [2.75, 3.05) is 0 Å². The van der Waals surface area contributed by atoms with Gasteiger partial charge >= 0.3 is 0 Å². The Kier molecular flexibility index (Phi) is 1.41. The number of fused-ring (bicyclic) bond motifs is 1. The molecule has 1 heterocycles. The van der Waals surface area contributed by atoms with Gasteiger partial charge in [0.2, 0.25) is 0 Å². The third kappa shape index (κ3) is 0.798. The molecule has 0 radical (unpaired) electrons. The lowest BCUT2D eigenvalue weighted by Crippen LogP contribution is -2.24. The van der Waals surface area contributed by atoms with Crippen molar-refractivity contribution in [2.24, 2.45) is 11.8 Å². The van der Waals surface area contributed by atoms with Crippen LogP contribution in [-0.2, 0) is 4.74 Å². The second-order valence-electron chi connectivity index (χ2n) is 3.18. The normalized spacial score (nSPS) is 53.4. The zero-order valence-electron chi connectivity index (χ0n) is 6.31. The number of aliphatic hydroxyl groups is 1. The Hall–Kier alpha value is -0.600. The minimum atomic E-state index is -0.325. The first-order valence-electron chi connectivity index (χ1n) is 3.88. The Morgan fingerprint density at radius 1 is 1.09 bits per heavy atom. The van der Waals surface area contributed by atoms with E-state index in [0.29, 0.717) is 0 Å². The molecule has 60 valence electrons. The van der Waals surface area contributed by atoms with Crippen LogP contribution in [0.1, 0.15) is 0 Å². The van der Waals surface area contributed by atoms with E-state index >= 15 is 0 Å². The fraction of sp³-hybridized carbons (Fsp3) is 0.556. The van der Waals surface area contributed by atoms with Crippen LogP contribution >= 0.6 is 0 Å². The monoisotopic (exact) mass is 152 g/mol. The molecule has 0 spiro atoms. The molecule has 0 amide bonds. The summed E-state index contributed by atoms with van der Waals surface area (Å²) < 4.78 is 5.33. The summed E-state index contributed by atoms with van der Waals surface area (Å²) in [5.41, 5.74) is 0. The summed E-state index contributed by atoms with van der Waals surface area (Å²) in [6.07, 6.45) is 3.65. The van der Waals surface area contributed by atoms with Crippen LogP contribution in [0.5, 0.6) is 0 Å². The molecule has 2 aliphatic rings. The van der Waals surface area contributed by atoms with Crippen LogP contribution in [0.2, 0.25) is 0 Å². The van der Waals surface area contributed by atoms with Gasteiger partial charge in [0.15, 0.2) is 0 Å². The third-order valence-electron chi connectivity index (χ3n) is 2.65. The highest BCUT2D eigenvalue weighted by atomic mass is 16.6. The van der Waals surface area contributed by atoms with Crippen LogP contribution in [0.3, 0.4) is 0 Å². The number of hydrogen-bond acceptors (Lipinski definition) is 2. The zero-order chi connectivity index (χ0) is 8.01. The molecular formula is C9H12O2. The average Bonchev–Trinajstić information content (AvgIpc) is 2.68. The predicted octanol–water partition coefficient (Wildman–Crippen LogP) is 0.733. The average molecular weight is 152 g/mol. The van der Waals surface area contributed by atoms with Gasteiger partial charge in [-0.05, 0) is 0 Å². The second kappa shape index (κ2) is 2.19. The van der Waals surface area contributed by atoms with E-state index < -0.39 is 0 Å². The lowest BCUT2D eigenvalue weighted by Gasteiger charge is -2.17. The van der Waals surface area contributed by atoms with Gasteiger partial charge in [0.05, 0.1) is 18.3 Å². The summed E-state index contributed by atoms with van der Waals surface area (Å²) in [4.78, 5) is 0. The molecule has 2 rings (SSSR count). The van der Waals surface area contributed by atoms with Crippen LogP contribution in [0, 0.1) is 11.8 Å². The first kappa shape index (κ1) is 7.07. The first-order valence-corrected chi connectivity index (χ1v) is 3.88. The van der Waals surface area contributed by atoms with Gasteiger partial charge in [-0.2, -0.15) is 0 Å². The Morgan fingerprint density at radius 2 is 1.55 bits per heavy atom. The highest BCUT2D eigenvalue weighted by Gasteiger charge is 2.59. The minimum absolute atomic E-state index is 0.114. The van der Waals surface area contributed by atoms with Crippen LogP contribution in [0.15, 0.2) is 25.3 Å². The van der Waals surface area contributed by atoms with E-state index in [2.05, 4.69) is 13.2 Å². The van der Waals surface area contributed by atoms with Crippen molar-refractivity contribution in [1.82, 2.24) is 0 Å². The fourth-order valence-electron chi connectivity index (χ4n) is 1.95.